The van der Waals surface area contributed by atoms with Crippen LogP contribution in [0.1, 0.15) is 26.7 Å². The summed E-state index contributed by atoms with van der Waals surface area (Å²) in [4.78, 5) is 22.4. The van der Waals surface area contributed by atoms with Gasteiger partial charge in [0.25, 0.3) is 5.69 Å². The zero-order valence-electron chi connectivity index (χ0n) is 12.6. The molecule has 116 valence electrons. The van der Waals surface area contributed by atoms with Crippen molar-refractivity contribution in [3.05, 3.63) is 28.3 Å². The lowest BCUT2D eigenvalue weighted by atomic mass is 9.95. The molecule has 0 amide bonds. The number of carbonyl (C=O) groups is 1. The van der Waals surface area contributed by atoms with E-state index in [-0.39, 0.29) is 5.69 Å². The van der Waals surface area contributed by atoms with Gasteiger partial charge in [-0.1, -0.05) is 13.3 Å². The zero-order valence-corrected chi connectivity index (χ0v) is 12.6. The molecule has 0 heterocycles. The van der Waals surface area contributed by atoms with Crippen molar-refractivity contribution in [1.29, 1.82) is 0 Å². The Morgan fingerprint density at radius 3 is 2.52 bits per heavy atom. The fraction of sp³-hybridized carbons (Fsp3) is 0.500. The number of esters is 1. The van der Waals surface area contributed by atoms with Gasteiger partial charge in [-0.2, -0.15) is 0 Å². The Kier molecular flexibility index (Phi) is 5.52. The Balaban J connectivity index is 3.16. The van der Waals surface area contributed by atoms with Crippen molar-refractivity contribution in [2.24, 2.45) is 0 Å². The zero-order chi connectivity index (χ0) is 16.0. The van der Waals surface area contributed by atoms with Crippen LogP contribution >= 0.6 is 0 Å². The van der Waals surface area contributed by atoms with Gasteiger partial charge in [-0.3, -0.25) is 10.1 Å². The minimum atomic E-state index is -0.955. The van der Waals surface area contributed by atoms with E-state index in [0.29, 0.717) is 17.9 Å². The predicted molar refractivity (Wildman–Crippen MR) is 78.6 cm³/mol. The summed E-state index contributed by atoms with van der Waals surface area (Å²) >= 11 is 0. The van der Waals surface area contributed by atoms with E-state index in [9.17, 15) is 14.9 Å². The third-order valence-corrected chi connectivity index (χ3v) is 3.14. The van der Waals surface area contributed by atoms with Gasteiger partial charge in [-0.25, -0.2) is 4.79 Å². The van der Waals surface area contributed by atoms with Gasteiger partial charge in [0.15, 0.2) is 0 Å². The normalized spacial score (nSPS) is 13.1. The van der Waals surface area contributed by atoms with Crippen LogP contribution in [0.2, 0.25) is 0 Å². The second kappa shape index (κ2) is 6.92. The Morgan fingerprint density at radius 1 is 1.38 bits per heavy atom. The Labute approximate surface area is 123 Å². The van der Waals surface area contributed by atoms with Crippen molar-refractivity contribution in [2.75, 3.05) is 19.5 Å². The lowest BCUT2D eigenvalue weighted by molar-refractivity contribution is -0.384. The molecule has 0 fully saturated rings. The number of rotatable bonds is 7. The van der Waals surface area contributed by atoms with Gasteiger partial charge in [0, 0.05) is 17.8 Å². The van der Waals surface area contributed by atoms with Crippen LogP contribution in [0.15, 0.2) is 18.2 Å². The van der Waals surface area contributed by atoms with Crippen LogP contribution in [-0.4, -0.2) is 30.7 Å². The standard InChI is InChI=1S/C14H20N2O5/c1-5-6-14(2,13(17)21-4)15-10-7-11(16(18)19)9-12(8-10)20-3/h7-9,15H,5-6H2,1-4H3. The number of hydrogen-bond acceptors (Lipinski definition) is 6. The maximum absolute atomic E-state index is 12.0. The summed E-state index contributed by atoms with van der Waals surface area (Å²) in [6, 6.07) is 4.28. The second-order valence-electron chi connectivity index (χ2n) is 4.88. The summed E-state index contributed by atoms with van der Waals surface area (Å²) in [7, 11) is 2.74. The Bertz CT molecular complexity index is 532. The minimum absolute atomic E-state index is 0.111. The van der Waals surface area contributed by atoms with Crippen molar-refractivity contribution in [1.82, 2.24) is 0 Å². The van der Waals surface area contributed by atoms with Gasteiger partial charge in [-0.15, -0.1) is 0 Å². The summed E-state index contributed by atoms with van der Waals surface area (Å²) < 4.78 is 9.85. The van der Waals surface area contributed by atoms with Gasteiger partial charge in [-0.05, 0) is 13.3 Å². The first kappa shape index (κ1) is 16.7. The fourth-order valence-corrected chi connectivity index (χ4v) is 2.14. The molecule has 0 spiro atoms. The average molecular weight is 296 g/mol. The van der Waals surface area contributed by atoms with Gasteiger partial charge < -0.3 is 14.8 Å². The number of hydrogen-bond donors (Lipinski definition) is 1. The number of methoxy groups -OCH3 is 2. The van der Waals surface area contributed by atoms with E-state index in [1.807, 2.05) is 6.92 Å². The number of nitrogens with one attached hydrogen (secondary N) is 1. The first-order valence-corrected chi connectivity index (χ1v) is 6.56. The van der Waals surface area contributed by atoms with Crippen molar-refractivity contribution >= 4 is 17.3 Å². The Hall–Kier alpha value is -2.31. The third kappa shape index (κ3) is 4.08. The van der Waals surface area contributed by atoms with Crippen LogP contribution in [0, 0.1) is 10.1 Å². The van der Waals surface area contributed by atoms with E-state index in [4.69, 9.17) is 9.47 Å². The SMILES string of the molecule is CCCC(C)(Nc1cc(OC)cc([N+](=O)[O-])c1)C(=O)OC. The van der Waals surface area contributed by atoms with E-state index in [2.05, 4.69) is 5.32 Å². The second-order valence-corrected chi connectivity index (χ2v) is 4.88. The van der Waals surface area contributed by atoms with E-state index in [0.717, 1.165) is 6.42 Å². The molecule has 21 heavy (non-hydrogen) atoms. The summed E-state index contributed by atoms with van der Waals surface area (Å²) in [5.74, 6) is -0.0785. The maximum Gasteiger partial charge on any atom is 0.331 e. The molecule has 1 unspecified atom stereocenters. The molecule has 0 bridgehead atoms. The van der Waals surface area contributed by atoms with Crippen LogP contribution in [0.25, 0.3) is 0 Å². The number of ether oxygens (including phenoxy) is 2. The van der Waals surface area contributed by atoms with Crippen molar-refractivity contribution in [3.63, 3.8) is 0 Å². The first-order chi connectivity index (χ1) is 9.86. The number of carbonyl (C=O) groups excluding carboxylic acids is 1. The molecule has 0 saturated carbocycles. The number of anilines is 1. The molecular formula is C14H20N2O5. The smallest absolute Gasteiger partial charge is 0.331 e. The van der Waals surface area contributed by atoms with E-state index in [1.54, 1.807) is 13.0 Å². The summed E-state index contributed by atoms with van der Waals surface area (Å²) in [6.45, 7) is 3.64. The highest BCUT2D eigenvalue weighted by Crippen LogP contribution is 2.29. The van der Waals surface area contributed by atoms with Crippen LogP contribution < -0.4 is 10.1 Å². The minimum Gasteiger partial charge on any atom is -0.496 e. The van der Waals surface area contributed by atoms with E-state index >= 15 is 0 Å². The molecule has 7 nitrogen and oxygen atoms in total. The van der Waals surface area contributed by atoms with Gasteiger partial charge in [0.2, 0.25) is 0 Å². The monoisotopic (exact) mass is 296 g/mol. The molecule has 7 heteroatoms. The highest BCUT2D eigenvalue weighted by molar-refractivity contribution is 5.84. The van der Waals surface area contributed by atoms with Crippen molar-refractivity contribution in [2.45, 2.75) is 32.2 Å². The van der Waals surface area contributed by atoms with Crippen LogP contribution in [0.5, 0.6) is 5.75 Å². The summed E-state index contributed by atoms with van der Waals surface area (Å²) in [5.41, 5.74) is -0.632. The molecule has 0 aliphatic carbocycles. The predicted octanol–water partition coefficient (Wildman–Crippen LogP) is 2.75. The van der Waals surface area contributed by atoms with Gasteiger partial charge in [0.1, 0.15) is 11.3 Å². The average Bonchev–Trinajstić information content (AvgIpc) is 2.45. The highest BCUT2D eigenvalue weighted by atomic mass is 16.6. The molecule has 0 saturated heterocycles. The largest absolute Gasteiger partial charge is 0.496 e. The molecule has 0 radical (unpaired) electrons. The lowest BCUT2D eigenvalue weighted by Gasteiger charge is -2.28. The highest BCUT2D eigenvalue weighted by Gasteiger charge is 2.33. The van der Waals surface area contributed by atoms with Crippen LogP contribution in [0.3, 0.4) is 0 Å². The molecule has 1 N–H and O–H groups in total. The number of non-ortho nitro benzene ring substituents is 1. The van der Waals surface area contributed by atoms with Crippen LogP contribution in [0.4, 0.5) is 11.4 Å². The van der Waals surface area contributed by atoms with E-state index in [1.165, 1.54) is 26.4 Å². The molecule has 1 atom stereocenters. The maximum atomic E-state index is 12.0. The van der Waals surface area contributed by atoms with Crippen LogP contribution in [-0.2, 0) is 9.53 Å². The molecule has 0 aliphatic heterocycles. The Morgan fingerprint density at radius 2 is 2.05 bits per heavy atom. The van der Waals surface area contributed by atoms with Crippen molar-refractivity contribution < 1.29 is 19.2 Å². The number of benzene rings is 1. The van der Waals surface area contributed by atoms with Gasteiger partial charge >= 0.3 is 5.97 Å². The van der Waals surface area contributed by atoms with Crippen molar-refractivity contribution in [3.8, 4) is 5.75 Å². The first-order valence-electron chi connectivity index (χ1n) is 6.56. The number of nitro groups is 1. The molecular weight excluding hydrogens is 276 g/mol. The molecule has 1 aromatic rings. The fourth-order valence-electron chi connectivity index (χ4n) is 2.14. The quantitative estimate of drug-likeness (QED) is 0.472. The third-order valence-electron chi connectivity index (χ3n) is 3.14. The number of nitrogens with zero attached hydrogens (tertiary/aromatic N) is 1. The summed E-state index contributed by atoms with van der Waals surface area (Å²) in [5, 5.41) is 14.0. The van der Waals surface area contributed by atoms with Gasteiger partial charge in [0.05, 0.1) is 25.2 Å². The topological polar surface area (TPSA) is 90.7 Å². The molecule has 0 aromatic heterocycles. The molecule has 0 aliphatic rings. The number of nitro benzene ring substituents is 1. The summed E-state index contributed by atoms with van der Waals surface area (Å²) in [6.07, 6.45) is 1.29. The lowest BCUT2D eigenvalue weighted by Crippen LogP contribution is -2.44. The van der Waals surface area contributed by atoms with E-state index < -0.39 is 16.4 Å². The molecule has 1 aromatic carbocycles. The molecule has 1 rings (SSSR count).